The molecule has 1 aromatic rings. The average Bonchev–Trinajstić information content (AvgIpc) is 2.71. The second-order valence-corrected chi connectivity index (χ2v) is 7.41. The van der Waals surface area contributed by atoms with Crippen LogP contribution in [0.4, 0.5) is 0 Å². The molecule has 29 heavy (non-hydrogen) atoms. The summed E-state index contributed by atoms with van der Waals surface area (Å²) < 4.78 is 5.11. The van der Waals surface area contributed by atoms with Gasteiger partial charge in [0.15, 0.2) is 5.60 Å². The zero-order valence-corrected chi connectivity index (χ0v) is 17.5. The third kappa shape index (κ3) is 6.43. The van der Waals surface area contributed by atoms with Crippen molar-refractivity contribution in [2.45, 2.75) is 45.3 Å². The van der Waals surface area contributed by atoms with Crippen molar-refractivity contribution in [3.8, 4) is 5.75 Å². The number of methoxy groups -OCH3 is 1. The Bertz CT molecular complexity index is 707. The number of hydrogen-bond donors (Lipinski definition) is 5. The number of nitrogens with one attached hydrogen (secondary N) is 3. The summed E-state index contributed by atoms with van der Waals surface area (Å²) in [7, 11) is 2.99. The van der Waals surface area contributed by atoms with E-state index in [0.717, 1.165) is 5.56 Å². The standard InChI is InChI=1S/C20H31N3O6/c1-12(2)11-20(27,13(3)17(24)23-28)19(26)22-16(18(25)21-4)10-14-6-8-15(29-5)9-7-14/h6-9,12-13,16,27-28H,10-11H2,1-5H3,(H,21,25)(H,22,26)(H,23,24). The Balaban J connectivity index is 3.11. The Morgan fingerprint density at radius 2 is 1.69 bits per heavy atom. The zero-order chi connectivity index (χ0) is 22.2. The fraction of sp³-hybridized carbons (Fsp3) is 0.550. The Hall–Kier alpha value is -2.65. The maximum absolute atomic E-state index is 13.0. The highest BCUT2D eigenvalue weighted by atomic mass is 16.5. The number of benzene rings is 1. The van der Waals surface area contributed by atoms with Crippen LogP contribution in [0.5, 0.6) is 5.75 Å². The number of rotatable bonds is 10. The van der Waals surface area contributed by atoms with Crippen LogP contribution in [0.25, 0.3) is 0 Å². The van der Waals surface area contributed by atoms with Crippen molar-refractivity contribution in [1.29, 1.82) is 0 Å². The number of amides is 3. The van der Waals surface area contributed by atoms with Gasteiger partial charge in [0.1, 0.15) is 11.8 Å². The molecule has 1 rings (SSSR count). The lowest BCUT2D eigenvalue weighted by Crippen LogP contribution is -2.60. The number of hydrogen-bond acceptors (Lipinski definition) is 6. The fourth-order valence-electron chi connectivity index (χ4n) is 3.07. The molecule has 0 aliphatic heterocycles. The molecule has 3 unspecified atom stereocenters. The van der Waals surface area contributed by atoms with Crippen molar-refractivity contribution in [3.05, 3.63) is 29.8 Å². The third-order valence-corrected chi connectivity index (χ3v) is 4.80. The first-order chi connectivity index (χ1) is 13.6. The minimum Gasteiger partial charge on any atom is -0.497 e. The molecule has 0 aliphatic carbocycles. The van der Waals surface area contributed by atoms with Gasteiger partial charge in [-0.2, -0.15) is 0 Å². The van der Waals surface area contributed by atoms with E-state index in [9.17, 15) is 19.5 Å². The van der Waals surface area contributed by atoms with E-state index in [1.54, 1.807) is 45.2 Å². The molecule has 3 atom stereocenters. The first-order valence-electron chi connectivity index (χ1n) is 9.40. The molecule has 0 bridgehead atoms. The van der Waals surface area contributed by atoms with Gasteiger partial charge in [0.2, 0.25) is 11.8 Å². The molecule has 3 amide bonds. The lowest BCUT2D eigenvalue weighted by molar-refractivity contribution is -0.159. The molecule has 0 spiro atoms. The van der Waals surface area contributed by atoms with Gasteiger partial charge in [-0.05, 0) is 30.0 Å². The van der Waals surface area contributed by atoms with Crippen LogP contribution in [0.2, 0.25) is 0 Å². The monoisotopic (exact) mass is 409 g/mol. The highest BCUT2D eigenvalue weighted by molar-refractivity contribution is 5.95. The first-order valence-corrected chi connectivity index (χ1v) is 9.40. The molecule has 9 nitrogen and oxygen atoms in total. The van der Waals surface area contributed by atoms with E-state index >= 15 is 0 Å². The second-order valence-electron chi connectivity index (χ2n) is 7.41. The number of ether oxygens (including phenoxy) is 1. The highest BCUT2D eigenvalue weighted by Gasteiger charge is 2.46. The van der Waals surface area contributed by atoms with Crippen molar-refractivity contribution >= 4 is 17.7 Å². The third-order valence-electron chi connectivity index (χ3n) is 4.80. The quantitative estimate of drug-likeness (QED) is 0.280. The van der Waals surface area contributed by atoms with Crippen LogP contribution in [-0.2, 0) is 20.8 Å². The summed E-state index contributed by atoms with van der Waals surface area (Å²) in [6.07, 6.45) is 0.143. The topological polar surface area (TPSA) is 137 Å². The van der Waals surface area contributed by atoms with E-state index in [4.69, 9.17) is 9.94 Å². The molecule has 0 aliphatic rings. The van der Waals surface area contributed by atoms with E-state index in [2.05, 4.69) is 10.6 Å². The van der Waals surface area contributed by atoms with Crippen molar-refractivity contribution in [2.75, 3.05) is 14.2 Å². The predicted molar refractivity (Wildman–Crippen MR) is 106 cm³/mol. The minimum absolute atomic E-state index is 0.0313. The van der Waals surface area contributed by atoms with E-state index in [-0.39, 0.29) is 18.8 Å². The number of aliphatic hydroxyl groups is 1. The summed E-state index contributed by atoms with van der Waals surface area (Å²) >= 11 is 0. The maximum atomic E-state index is 13.0. The largest absolute Gasteiger partial charge is 0.497 e. The smallest absolute Gasteiger partial charge is 0.253 e. The van der Waals surface area contributed by atoms with E-state index in [1.165, 1.54) is 19.5 Å². The second kappa shape index (κ2) is 10.8. The molecule has 162 valence electrons. The zero-order valence-electron chi connectivity index (χ0n) is 17.5. The van der Waals surface area contributed by atoms with Crippen molar-refractivity contribution < 1.29 is 29.4 Å². The Kier molecular flexibility index (Phi) is 9.06. The van der Waals surface area contributed by atoms with Gasteiger partial charge in [-0.1, -0.05) is 32.9 Å². The Morgan fingerprint density at radius 1 is 1.10 bits per heavy atom. The number of carbonyl (C=O) groups excluding carboxylic acids is 3. The minimum atomic E-state index is -2.10. The molecule has 0 aromatic heterocycles. The van der Waals surface area contributed by atoms with Crippen molar-refractivity contribution in [1.82, 2.24) is 16.1 Å². The molecule has 1 aromatic carbocycles. The van der Waals surface area contributed by atoms with Gasteiger partial charge in [-0.3, -0.25) is 19.6 Å². The first kappa shape index (κ1) is 24.4. The van der Waals surface area contributed by atoms with Crippen LogP contribution in [0.3, 0.4) is 0 Å². The van der Waals surface area contributed by atoms with Crippen molar-refractivity contribution in [2.24, 2.45) is 11.8 Å². The number of carbonyl (C=O) groups is 3. The Morgan fingerprint density at radius 3 is 2.14 bits per heavy atom. The van der Waals surface area contributed by atoms with Crippen LogP contribution in [0, 0.1) is 11.8 Å². The van der Waals surface area contributed by atoms with Crippen LogP contribution < -0.4 is 20.9 Å². The lowest BCUT2D eigenvalue weighted by atomic mass is 9.80. The Labute approximate surface area is 170 Å². The summed E-state index contributed by atoms with van der Waals surface area (Å²) in [5.41, 5.74) is 0.134. The maximum Gasteiger partial charge on any atom is 0.253 e. The normalized spacial score (nSPS) is 15.0. The van der Waals surface area contributed by atoms with Gasteiger partial charge in [-0.15, -0.1) is 0 Å². The molecule has 0 radical (unpaired) electrons. The van der Waals surface area contributed by atoms with Gasteiger partial charge in [0, 0.05) is 13.5 Å². The van der Waals surface area contributed by atoms with E-state index in [1.807, 2.05) is 0 Å². The molecule has 0 heterocycles. The van der Waals surface area contributed by atoms with Gasteiger partial charge >= 0.3 is 0 Å². The summed E-state index contributed by atoms with van der Waals surface area (Å²) in [6, 6.07) is 6.04. The molecular formula is C20H31N3O6. The fourth-order valence-corrected chi connectivity index (χ4v) is 3.07. The SMILES string of the molecule is CNC(=O)C(Cc1ccc(OC)cc1)NC(=O)C(O)(CC(C)C)C(C)C(=O)NO. The van der Waals surface area contributed by atoms with Crippen LogP contribution in [-0.4, -0.2) is 53.8 Å². The van der Waals surface area contributed by atoms with Crippen LogP contribution >= 0.6 is 0 Å². The number of hydroxylamine groups is 1. The average molecular weight is 409 g/mol. The predicted octanol–water partition coefficient (Wildman–Crippen LogP) is 0.387. The summed E-state index contributed by atoms with van der Waals surface area (Å²) in [5.74, 6) is -2.90. The van der Waals surface area contributed by atoms with Crippen LogP contribution in [0.15, 0.2) is 24.3 Å². The molecule has 9 heteroatoms. The van der Waals surface area contributed by atoms with Crippen LogP contribution in [0.1, 0.15) is 32.8 Å². The summed E-state index contributed by atoms with van der Waals surface area (Å²) in [5, 5.41) is 25.0. The van der Waals surface area contributed by atoms with E-state index in [0.29, 0.717) is 5.75 Å². The molecule has 0 saturated heterocycles. The molecule has 5 N–H and O–H groups in total. The molecular weight excluding hydrogens is 378 g/mol. The molecule has 0 fully saturated rings. The lowest BCUT2D eigenvalue weighted by Gasteiger charge is -2.34. The summed E-state index contributed by atoms with van der Waals surface area (Å²) in [6.45, 7) is 4.91. The summed E-state index contributed by atoms with van der Waals surface area (Å²) in [4.78, 5) is 37.2. The highest BCUT2D eigenvalue weighted by Crippen LogP contribution is 2.27. The van der Waals surface area contributed by atoms with Crippen molar-refractivity contribution in [3.63, 3.8) is 0 Å². The van der Waals surface area contributed by atoms with Gasteiger partial charge in [-0.25, -0.2) is 5.48 Å². The molecule has 0 saturated carbocycles. The van der Waals surface area contributed by atoms with Gasteiger partial charge in [0.25, 0.3) is 5.91 Å². The number of likely N-dealkylation sites (N-methyl/N-ethyl adjacent to an activating group) is 1. The van der Waals surface area contributed by atoms with Gasteiger partial charge in [0.05, 0.1) is 13.0 Å². The van der Waals surface area contributed by atoms with Gasteiger partial charge < -0.3 is 20.5 Å². The van der Waals surface area contributed by atoms with E-state index < -0.39 is 35.3 Å².